The monoisotopic (exact) mass is 287 g/mol. The van der Waals surface area contributed by atoms with Gasteiger partial charge in [-0.3, -0.25) is 4.79 Å². The molecule has 0 aromatic heterocycles. The Labute approximate surface area is 100 Å². The van der Waals surface area contributed by atoms with Crippen LogP contribution in [-0.2, 0) is 4.79 Å². The maximum Gasteiger partial charge on any atom is 0.471 e. The summed E-state index contributed by atoms with van der Waals surface area (Å²) < 4.78 is 74.4. The third kappa shape index (κ3) is 2.95. The van der Waals surface area contributed by atoms with Gasteiger partial charge in [-0.25, -0.2) is 18.0 Å². The highest BCUT2D eigenvalue weighted by Gasteiger charge is 2.39. The van der Waals surface area contributed by atoms with Gasteiger partial charge >= 0.3 is 18.1 Å². The highest BCUT2D eigenvalue weighted by atomic mass is 19.4. The molecule has 4 nitrogen and oxygen atoms in total. The minimum Gasteiger partial charge on any atom is -0.478 e. The number of carboxylic acid groups (broad SMARTS) is 1. The molecule has 1 rings (SSSR count). The number of nitrogens with one attached hydrogen (secondary N) is 1. The van der Waals surface area contributed by atoms with Gasteiger partial charge < -0.3 is 10.4 Å². The van der Waals surface area contributed by atoms with Crippen LogP contribution >= 0.6 is 0 Å². The lowest BCUT2D eigenvalue weighted by molar-refractivity contribution is -0.167. The Morgan fingerprint density at radius 2 is 1.63 bits per heavy atom. The summed E-state index contributed by atoms with van der Waals surface area (Å²) in [5.41, 5.74) is -2.96. The largest absolute Gasteiger partial charge is 0.478 e. The van der Waals surface area contributed by atoms with Gasteiger partial charge in [0.2, 0.25) is 0 Å². The second-order valence-electron chi connectivity index (χ2n) is 3.17. The van der Waals surface area contributed by atoms with Gasteiger partial charge in [-0.15, -0.1) is 0 Å². The van der Waals surface area contributed by atoms with Crippen molar-refractivity contribution >= 4 is 17.6 Å². The molecule has 1 amide bonds. The Morgan fingerprint density at radius 1 is 1.11 bits per heavy atom. The zero-order chi connectivity index (χ0) is 15.0. The van der Waals surface area contributed by atoms with Crippen molar-refractivity contribution in [1.82, 2.24) is 0 Å². The smallest absolute Gasteiger partial charge is 0.471 e. The number of aromatic carboxylic acids is 1. The lowest BCUT2D eigenvalue weighted by atomic mass is 10.1. The molecule has 0 saturated carbocycles. The van der Waals surface area contributed by atoms with Crippen molar-refractivity contribution in [2.24, 2.45) is 0 Å². The van der Waals surface area contributed by atoms with Crippen LogP contribution in [0.1, 0.15) is 10.4 Å². The van der Waals surface area contributed by atoms with Crippen LogP contribution in [0.2, 0.25) is 0 Å². The molecular weight excluding hydrogens is 284 g/mol. The molecule has 0 bridgehead atoms. The molecule has 0 aliphatic rings. The van der Waals surface area contributed by atoms with E-state index in [4.69, 9.17) is 5.11 Å². The van der Waals surface area contributed by atoms with Crippen LogP contribution in [0.25, 0.3) is 0 Å². The van der Waals surface area contributed by atoms with Crippen LogP contribution in [0, 0.1) is 17.5 Å². The molecule has 0 radical (unpaired) electrons. The fourth-order valence-corrected chi connectivity index (χ4v) is 1.10. The summed E-state index contributed by atoms with van der Waals surface area (Å²) in [4.78, 5) is 21.1. The Bertz CT molecular complexity index is 554. The first-order valence-corrected chi connectivity index (χ1v) is 4.34. The zero-order valence-corrected chi connectivity index (χ0v) is 8.61. The number of carbonyl (C=O) groups is 2. The van der Waals surface area contributed by atoms with Crippen LogP contribution in [0.5, 0.6) is 0 Å². The molecule has 0 aliphatic carbocycles. The number of anilines is 1. The number of carbonyl (C=O) groups excluding carboxylic acids is 1. The Balaban J connectivity index is 3.36. The first kappa shape index (κ1) is 14.8. The van der Waals surface area contributed by atoms with Crippen molar-refractivity contribution in [2.75, 3.05) is 5.32 Å². The van der Waals surface area contributed by atoms with E-state index in [1.807, 2.05) is 0 Å². The first-order chi connectivity index (χ1) is 8.55. The van der Waals surface area contributed by atoms with Crippen molar-refractivity contribution < 1.29 is 41.0 Å². The van der Waals surface area contributed by atoms with Gasteiger partial charge in [0.25, 0.3) is 0 Å². The van der Waals surface area contributed by atoms with Crippen LogP contribution in [0.4, 0.5) is 32.0 Å². The fourth-order valence-electron chi connectivity index (χ4n) is 1.10. The number of halogens is 6. The molecule has 104 valence electrons. The molecule has 0 fully saturated rings. The molecule has 0 unspecified atom stereocenters. The number of amides is 1. The third-order valence-corrected chi connectivity index (χ3v) is 1.88. The number of hydrogen-bond donors (Lipinski definition) is 2. The van der Waals surface area contributed by atoms with Gasteiger partial charge in [-0.2, -0.15) is 13.2 Å². The standard InChI is InChI=1S/C9H3F6NO3/c10-2-1-3(16-8(19)9(13,14)15)4(7(17)18)6(12)5(2)11/h1H,(H,16,19)(H,17,18). The summed E-state index contributed by atoms with van der Waals surface area (Å²) in [6, 6.07) is -0.0640. The molecule has 0 spiro atoms. The van der Waals surface area contributed by atoms with Gasteiger partial charge in [0, 0.05) is 6.07 Å². The minimum atomic E-state index is -5.41. The summed E-state index contributed by atoms with van der Waals surface area (Å²) in [6.07, 6.45) is -5.41. The van der Waals surface area contributed by atoms with E-state index < -0.39 is 46.8 Å². The van der Waals surface area contributed by atoms with E-state index in [2.05, 4.69) is 0 Å². The van der Waals surface area contributed by atoms with E-state index in [-0.39, 0.29) is 6.07 Å². The lowest BCUT2D eigenvalue weighted by Crippen LogP contribution is -2.31. The van der Waals surface area contributed by atoms with E-state index in [9.17, 15) is 35.9 Å². The number of benzene rings is 1. The maximum atomic E-state index is 13.1. The van der Waals surface area contributed by atoms with Crippen LogP contribution in [-0.4, -0.2) is 23.2 Å². The number of hydrogen-bond acceptors (Lipinski definition) is 2. The third-order valence-electron chi connectivity index (χ3n) is 1.88. The molecule has 1 aromatic carbocycles. The van der Waals surface area contributed by atoms with Crippen molar-refractivity contribution in [3.8, 4) is 0 Å². The second-order valence-corrected chi connectivity index (χ2v) is 3.17. The van der Waals surface area contributed by atoms with Gasteiger partial charge in [0.1, 0.15) is 5.56 Å². The van der Waals surface area contributed by atoms with Crippen LogP contribution in [0.15, 0.2) is 6.07 Å². The van der Waals surface area contributed by atoms with E-state index >= 15 is 0 Å². The molecule has 0 heterocycles. The Morgan fingerprint density at radius 3 is 2.05 bits per heavy atom. The average Bonchev–Trinajstić information content (AvgIpc) is 2.24. The van der Waals surface area contributed by atoms with E-state index in [1.54, 1.807) is 0 Å². The molecule has 10 heteroatoms. The number of rotatable bonds is 2. The van der Waals surface area contributed by atoms with Gasteiger partial charge in [-0.1, -0.05) is 0 Å². The van der Waals surface area contributed by atoms with Gasteiger partial charge in [0.15, 0.2) is 17.5 Å². The Hall–Kier alpha value is -2.26. The molecule has 0 aliphatic heterocycles. The van der Waals surface area contributed by atoms with E-state index in [0.717, 1.165) is 5.32 Å². The SMILES string of the molecule is O=C(O)c1c(NC(=O)C(F)(F)F)cc(F)c(F)c1F. The quantitative estimate of drug-likeness (QED) is 0.648. The molecule has 0 atom stereocenters. The summed E-state index contributed by atoms with van der Waals surface area (Å²) in [7, 11) is 0. The Kier molecular flexibility index (Phi) is 3.73. The molecule has 0 saturated heterocycles. The van der Waals surface area contributed by atoms with Gasteiger partial charge in [0.05, 0.1) is 5.69 Å². The van der Waals surface area contributed by atoms with Crippen LogP contribution in [0.3, 0.4) is 0 Å². The maximum absolute atomic E-state index is 13.1. The summed E-state index contributed by atoms with van der Waals surface area (Å²) in [6.45, 7) is 0. The van der Waals surface area contributed by atoms with Crippen molar-refractivity contribution in [3.63, 3.8) is 0 Å². The average molecular weight is 287 g/mol. The lowest BCUT2D eigenvalue weighted by Gasteiger charge is -2.11. The molecule has 2 N–H and O–H groups in total. The summed E-state index contributed by atoms with van der Waals surface area (Å²) in [5.74, 6) is -11.2. The zero-order valence-electron chi connectivity index (χ0n) is 8.61. The molecule has 1 aromatic rings. The highest BCUT2D eigenvalue weighted by Crippen LogP contribution is 2.26. The predicted octanol–water partition coefficient (Wildman–Crippen LogP) is 2.30. The van der Waals surface area contributed by atoms with Crippen molar-refractivity contribution in [1.29, 1.82) is 0 Å². The van der Waals surface area contributed by atoms with Crippen molar-refractivity contribution in [3.05, 3.63) is 29.1 Å². The normalized spacial score (nSPS) is 11.3. The van der Waals surface area contributed by atoms with E-state index in [0.29, 0.717) is 0 Å². The van der Waals surface area contributed by atoms with Crippen LogP contribution < -0.4 is 5.32 Å². The minimum absolute atomic E-state index is 0.0640. The fraction of sp³-hybridized carbons (Fsp3) is 0.111. The van der Waals surface area contributed by atoms with E-state index in [1.165, 1.54) is 0 Å². The highest BCUT2D eigenvalue weighted by molar-refractivity contribution is 6.02. The molecule has 19 heavy (non-hydrogen) atoms. The van der Waals surface area contributed by atoms with Gasteiger partial charge in [-0.05, 0) is 0 Å². The number of alkyl halides is 3. The topological polar surface area (TPSA) is 66.4 Å². The second kappa shape index (κ2) is 4.78. The predicted molar refractivity (Wildman–Crippen MR) is 48.0 cm³/mol. The first-order valence-electron chi connectivity index (χ1n) is 4.34. The molecular formula is C9H3F6NO3. The van der Waals surface area contributed by atoms with Crippen molar-refractivity contribution in [2.45, 2.75) is 6.18 Å². The summed E-state index contributed by atoms with van der Waals surface area (Å²) >= 11 is 0. The summed E-state index contributed by atoms with van der Waals surface area (Å²) in [5, 5.41) is 9.47. The number of carboxylic acids is 1.